The molecule has 1 rings (SSSR count). The molecule has 92 valence electrons. The number of alkyl halides is 4. The molecule has 4 nitrogen and oxygen atoms in total. The molecule has 16 heavy (non-hydrogen) atoms. The first-order valence-electron chi connectivity index (χ1n) is 4.60. The smallest absolute Gasteiger partial charge is 0.372 e. The predicted molar refractivity (Wildman–Crippen MR) is 51.1 cm³/mol. The van der Waals surface area contributed by atoms with Crippen LogP contribution in [0.4, 0.5) is 13.2 Å². The predicted octanol–water partition coefficient (Wildman–Crippen LogP) is 1.99. The maximum atomic E-state index is 11.7. The number of hydrogen-bond acceptors (Lipinski definition) is 3. The van der Waals surface area contributed by atoms with Gasteiger partial charge in [-0.3, -0.25) is 0 Å². The lowest BCUT2D eigenvalue weighted by atomic mass is 10.4. The zero-order valence-corrected chi connectivity index (χ0v) is 9.13. The van der Waals surface area contributed by atoms with Crippen molar-refractivity contribution in [1.29, 1.82) is 0 Å². The SMILES string of the molecule is FC(F)(F)COCCCn1ncnc1CCl. The van der Waals surface area contributed by atoms with Gasteiger partial charge in [-0.25, -0.2) is 9.67 Å². The fourth-order valence-corrected chi connectivity index (χ4v) is 1.29. The molecule has 0 atom stereocenters. The molecule has 0 fully saturated rings. The highest BCUT2D eigenvalue weighted by Gasteiger charge is 2.27. The Morgan fingerprint density at radius 2 is 2.19 bits per heavy atom. The molecule has 1 aromatic heterocycles. The van der Waals surface area contributed by atoms with Crippen LogP contribution >= 0.6 is 11.6 Å². The topological polar surface area (TPSA) is 39.9 Å². The lowest BCUT2D eigenvalue weighted by molar-refractivity contribution is -0.174. The van der Waals surface area contributed by atoms with E-state index in [-0.39, 0.29) is 12.5 Å². The van der Waals surface area contributed by atoms with E-state index in [1.807, 2.05) is 0 Å². The minimum Gasteiger partial charge on any atom is -0.372 e. The molecule has 0 aromatic carbocycles. The summed E-state index contributed by atoms with van der Waals surface area (Å²) in [6, 6.07) is 0. The van der Waals surface area contributed by atoms with E-state index >= 15 is 0 Å². The Hall–Kier alpha value is -0.820. The van der Waals surface area contributed by atoms with Crippen LogP contribution in [0.3, 0.4) is 0 Å². The van der Waals surface area contributed by atoms with Gasteiger partial charge in [-0.15, -0.1) is 11.6 Å². The number of ether oxygens (including phenoxy) is 1. The van der Waals surface area contributed by atoms with Crippen LogP contribution in [0.2, 0.25) is 0 Å². The molecule has 0 amide bonds. The molecule has 0 aliphatic rings. The standard InChI is InChI=1S/C8H11ClF3N3O/c9-4-7-13-6-14-15(7)2-1-3-16-5-8(10,11)12/h6H,1-5H2. The van der Waals surface area contributed by atoms with Gasteiger partial charge in [-0.05, 0) is 6.42 Å². The minimum atomic E-state index is -4.27. The zero-order valence-electron chi connectivity index (χ0n) is 8.37. The fourth-order valence-electron chi connectivity index (χ4n) is 1.08. The molecule has 1 heterocycles. The molecule has 0 N–H and O–H groups in total. The van der Waals surface area contributed by atoms with Crippen molar-refractivity contribution in [2.24, 2.45) is 0 Å². The van der Waals surface area contributed by atoms with E-state index in [0.717, 1.165) is 0 Å². The van der Waals surface area contributed by atoms with Gasteiger partial charge in [-0.1, -0.05) is 0 Å². The normalized spacial score (nSPS) is 12.0. The molecule has 0 aliphatic heterocycles. The highest BCUT2D eigenvalue weighted by atomic mass is 35.5. The van der Waals surface area contributed by atoms with Crippen molar-refractivity contribution in [1.82, 2.24) is 14.8 Å². The molecule has 0 saturated heterocycles. The Kier molecular flexibility index (Phi) is 5.01. The monoisotopic (exact) mass is 257 g/mol. The van der Waals surface area contributed by atoms with Crippen LogP contribution in [-0.2, 0) is 17.2 Å². The van der Waals surface area contributed by atoms with Crippen LogP contribution in [0.1, 0.15) is 12.2 Å². The molecular formula is C8H11ClF3N3O. The van der Waals surface area contributed by atoms with Gasteiger partial charge >= 0.3 is 6.18 Å². The van der Waals surface area contributed by atoms with Crippen LogP contribution in [-0.4, -0.2) is 34.2 Å². The zero-order chi connectivity index (χ0) is 12.0. The summed E-state index contributed by atoms with van der Waals surface area (Å²) >= 11 is 5.57. The van der Waals surface area contributed by atoms with E-state index in [0.29, 0.717) is 18.8 Å². The van der Waals surface area contributed by atoms with Gasteiger partial charge in [-0.2, -0.15) is 18.3 Å². The molecule has 0 bridgehead atoms. The molecule has 8 heteroatoms. The highest BCUT2D eigenvalue weighted by molar-refractivity contribution is 6.16. The first kappa shape index (κ1) is 13.2. The molecule has 1 aromatic rings. The largest absolute Gasteiger partial charge is 0.411 e. The Bertz CT molecular complexity index is 316. The van der Waals surface area contributed by atoms with E-state index in [4.69, 9.17) is 11.6 Å². The number of halogens is 4. The molecule has 0 spiro atoms. The van der Waals surface area contributed by atoms with Gasteiger partial charge in [0.2, 0.25) is 0 Å². The first-order valence-corrected chi connectivity index (χ1v) is 5.13. The van der Waals surface area contributed by atoms with Crippen molar-refractivity contribution >= 4 is 11.6 Å². The van der Waals surface area contributed by atoms with Crippen molar-refractivity contribution in [3.05, 3.63) is 12.2 Å². The Morgan fingerprint density at radius 3 is 2.81 bits per heavy atom. The number of aryl methyl sites for hydroxylation is 1. The number of aromatic nitrogens is 3. The molecular weight excluding hydrogens is 247 g/mol. The first-order chi connectivity index (χ1) is 7.53. The van der Waals surface area contributed by atoms with Crippen LogP contribution in [0.25, 0.3) is 0 Å². The Morgan fingerprint density at radius 1 is 1.44 bits per heavy atom. The van der Waals surface area contributed by atoms with Gasteiger partial charge < -0.3 is 4.74 Å². The summed E-state index contributed by atoms with van der Waals surface area (Å²) in [4.78, 5) is 3.87. The average molecular weight is 258 g/mol. The van der Waals surface area contributed by atoms with Crippen LogP contribution in [0, 0.1) is 0 Å². The summed E-state index contributed by atoms with van der Waals surface area (Å²) in [6.07, 6.45) is -2.48. The van der Waals surface area contributed by atoms with E-state index in [1.165, 1.54) is 6.33 Å². The second kappa shape index (κ2) is 6.05. The average Bonchev–Trinajstić information content (AvgIpc) is 2.63. The van der Waals surface area contributed by atoms with E-state index in [1.54, 1.807) is 4.68 Å². The summed E-state index contributed by atoms with van der Waals surface area (Å²) < 4.78 is 41.1. The second-order valence-electron chi connectivity index (χ2n) is 3.05. The number of hydrogen-bond donors (Lipinski definition) is 0. The van der Waals surface area contributed by atoms with Crippen molar-refractivity contribution in [3.63, 3.8) is 0 Å². The van der Waals surface area contributed by atoms with Gasteiger partial charge in [0.25, 0.3) is 0 Å². The summed E-state index contributed by atoms with van der Waals surface area (Å²) in [6.45, 7) is -0.742. The summed E-state index contributed by atoms with van der Waals surface area (Å²) in [5, 5.41) is 3.88. The number of rotatable bonds is 6. The summed E-state index contributed by atoms with van der Waals surface area (Å²) in [5.41, 5.74) is 0. The maximum Gasteiger partial charge on any atom is 0.411 e. The van der Waals surface area contributed by atoms with Crippen LogP contribution in [0.15, 0.2) is 6.33 Å². The third-order valence-electron chi connectivity index (χ3n) is 1.74. The van der Waals surface area contributed by atoms with Gasteiger partial charge in [0.05, 0.1) is 5.88 Å². The maximum absolute atomic E-state index is 11.7. The third-order valence-corrected chi connectivity index (χ3v) is 1.98. The van der Waals surface area contributed by atoms with Gasteiger partial charge in [0.15, 0.2) is 0 Å². The minimum absolute atomic E-state index is 0.0289. The van der Waals surface area contributed by atoms with Gasteiger partial charge in [0, 0.05) is 13.2 Å². The Labute approximate surface area is 95.4 Å². The van der Waals surface area contributed by atoms with Crippen LogP contribution in [0.5, 0.6) is 0 Å². The Balaban J connectivity index is 2.16. The second-order valence-corrected chi connectivity index (χ2v) is 3.32. The molecule has 0 radical (unpaired) electrons. The van der Waals surface area contributed by atoms with Crippen LogP contribution < -0.4 is 0 Å². The van der Waals surface area contributed by atoms with E-state index in [2.05, 4.69) is 14.8 Å². The van der Waals surface area contributed by atoms with Crippen molar-refractivity contribution in [2.45, 2.75) is 25.0 Å². The summed E-state index contributed by atoms with van der Waals surface area (Å²) in [7, 11) is 0. The van der Waals surface area contributed by atoms with E-state index in [9.17, 15) is 13.2 Å². The third kappa shape index (κ3) is 4.80. The van der Waals surface area contributed by atoms with Crippen molar-refractivity contribution in [2.75, 3.05) is 13.2 Å². The fraction of sp³-hybridized carbons (Fsp3) is 0.750. The molecule has 0 unspecified atom stereocenters. The lowest BCUT2D eigenvalue weighted by Gasteiger charge is -2.07. The quantitative estimate of drug-likeness (QED) is 0.578. The molecule has 0 saturated carbocycles. The molecule has 0 aliphatic carbocycles. The van der Waals surface area contributed by atoms with Crippen molar-refractivity contribution in [3.8, 4) is 0 Å². The summed E-state index contributed by atoms with van der Waals surface area (Å²) in [5.74, 6) is 0.820. The van der Waals surface area contributed by atoms with E-state index < -0.39 is 12.8 Å². The highest BCUT2D eigenvalue weighted by Crippen LogP contribution is 2.14. The lowest BCUT2D eigenvalue weighted by Crippen LogP contribution is -2.18. The van der Waals surface area contributed by atoms with Gasteiger partial charge in [0.1, 0.15) is 18.8 Å². The number of nitrogens with zero attached hydrogens (tertiary/aromatic N) is 3. The van der Waals surface area contributed by atoms with Crippen molar-refractivity contribution < 1.29 is 17.9 Å².